The van der Waals surface area contributed by atoms with Gasteiger partial charge in [-0.15, -0.1) is 11.3 Å². The lowest BCUT2D eigenvalue weighted by molar-refractivity contribution is -0.137. The van der Waals surface area contributed by atoms with Gasteiger partial charge in [-0.05, 0) is 61.6 Å². The number of alkyl halides is 3. The van der Waals surface area contributed by atoms with Gasteiger partial charge in [-0.2, -0.15) is 13.2 Å². The van der Waals surface area contributed by atoms with Gasteiger partial charge >= 0.3 is 12.3 Å². The molecule has 1 N–H and O–H groups in total. The smallest absolute Gasteiger partial charge is 0.450 e. The molecule has 196 valence electrons. The number of pyridine rings is 1. The van der Waals surface area contributed by atoms with E-state index in [1.807, 2.05) is 21.6 Å². The first-order valence-corrected chi connectivity index (χ1v) is 13.0. The van der Waals surface area contributed by atoms with Gasteiger partial charge in [0, 0.05) is 41.3 Å². The number of hydrogen-bond acceptors (Lipinski definition) is 6. The first kappa shape index (κ1) is 24.2. The topological polar surface area (TPSA) is 97.6 Å². The second kappa shape index (κ2) is 8.44. The molecule has 6 rings (SSSR count). The average Bonchev–Trinajstić information content (AvgIpc) is 3.60. The van der Waals surface area contributed by atoms with Crippen LogP contribution in [-0.4, -0.2) is 48.7 Å². The number of carbonyl (C=O) groups excluding carboxylic acids is 1. The molecule has 8 nitrogen and oxygen atoms in total. The van der Waals surface area contributed by atoms with Crippen LogP contribution in [0.2, 0.25) is 0 Å². The van der Waals surface area contributed by atoms with Gasteiger partial charge < -0.3 is 19.3 Å². The fraction of sp³-hybridized carbons (Fsp3) is 0.520. The van der Waals surface area contributed by atoms with Gasteiger partial charge in [0.2, 0.25) is 5.91 Å². The molecule has 0 atom stereocenters. The molecule has 0 spiro atoms. The molecule has 37 heavy (non-hydrogen) atoms. The highest BCUT2D eigenvalue weighted by Gasteiger charge is 2.57. The van der Waals surface area contributed by atoms with E-state index in [0.29, 0.717) is 67.1 Å². The molecule has 0 unspecified atom stereocenters. The quantitative estimate of drug-likeness (QED) is 0.450. The Morgan fingerprint density at radius 2 is 1.97 bits per heavy atom. The molecule has 0 aromatic carbocycles. The van der Waals surface area contributed by atoms with Crippen LogP contribution in [0.1, 0.15) is 59.7 Å². The Balaban J connectivity index is 1.24. The van der Waals surface area contributed by atoms with Gasteiger partial charge in [-0.25, -0.2) is 14.8 Å². The summed E-state index contributed by atoms with van der Waals surface area (Å²) in [5.41, 5.74) is 1.74. The molecule has 2 aliphatic carbocycles. The van der Waals surface area contributed by atoms with Crippen LogP contribution < -0.4 is 0 Å². The average molecular weight is 535 g/mol. The number of amides is 1. The van der Waals surface area contributed by atoms with Crippen molar-refractivity contribution in [1.29, 1.82) is 0 Å². The molecule has 2 saturated carbocycles. The maximum absolute atomic E-state index is 13.5. The van der Waals surface area contributed by atoms with Crippen LogP contribution in [0.4, 0.5) is 18.0 Å². The van der Waals surface area contributed by atoms with Crippen molar-refractivity contribution >= 4 is 34.4 Å². The van der Waals surface area contributed by atoms with E-state index >= 15 is 0 Å². The van der Waals surface area contributed by atoms with Crippen LogP contribution in [0.25, 0.3) is 11.0 Å². The molecular weight excluding hydrogens is 509 g/mol. The predicted octanol–water partition coefficient (Wildman–Crippen LogP) is 5.23. The molecule has 1 aliphatic heterocycles. The minimum atomic E-state index is -4.49. The van der Waals surface area contributed by atoms with Crippen molar-refractivity contribution in [3.05, 3.63) is 45.7 Å². The van der Waals surface area contributed by atoms with Crippen LogP contribution in [-0.2, 0) is 35.2 Å². The van der Waals surface area contributed by atoms with Gasteiger partial charge in [0.05, 0.1) is 13.1 Å². The zero-order chi connectivity index (χ0) is 26.0. The van der Waals surface area contributed by atoms with Crippen molar-refractivity contribution in [1.82, 2.24) is 19.4 Å². The van der Waals surface area contributed by atoms with E-state index in [0.717, 1.165) is 29.5 Å². The first-order valence-electron chi connectivity index (χ1n) is 12.2. The van der Waals surface area contributed by atoms with Crippen LogP contribution in [0.3, 0.4) is 0 Å². The number of halogens is 3. The molecule has 3 aromatic rings. The normalized spacial score (nSPS) is 25.0. The molecule has 3 aromatic heterocycles. The van der Waals surface area contributed by atoms with E-state index in [4.69, 9.17) is 9.84 Å². The van der Waals surface area contributed by atoms with Crippen LogP contribution >= 0.6 is 11.3 Å². The minimum Gasteiger partial charge on any atom is -0.450 e. The second-order valence-electron chi connectivity index (χ2n) is 10.5. The number of ether oxygens (including phenoxy) is 1. The predicted molar refractivity (Wildman–Crippen MR) is 127 cm³/mol. The fourth-order valence-corrected chi connectivity index (χ4v) is 7.35. The maximum atomic E-state index is 13.5. The Morgan fingerprint density at radius 3 is 2.68 bits per heavy atom. The lowest BCUT2D eigenvalue weighted by Gasteiger charge is -2.32. The van der Waals surface area contributed by atoms with Crippen LogP contribution in [0, 0.1) is 5.41 Å². The Bertz CT molecular complexity index is 1390. The summed E-state index contributed by atoms with van der Waals surface area (Å²) in [5.74, 6) is 0.0144. The highest BCUT2D eigenvalue weighted by atomic mass is 32.1. The molecule has 4 heterocycles. The Hall–Kier alpha value is -3.15. The third kappa shape index (κ3) is 4.24. The number of thiazole rings is 1. The standard InChI is InChI=1S/C25H25F3N4O4S/c26-25(27,28)21-30-11-15(37-21)12-32-18-13-31(9-3-16(18)17-2-1-8-29-20(17)32)19(33)10-23-4-6-24(14-23,7-5-23)36-22(34)35/h1-2,8,11H,3-7,9-10,12-14H2,(H,34,35). The van der Waals surface area contributed by atoms with Crippen molar-refractivity contribution in [2.24, 2.45) is 5.41 Å². The van der Waals surface area contributed by atoms with E-state index in [-0.39, 0.29) is 17.9 Å². The molecule has 2 bridgehead atoms. The van der Waals surface area contributed by atoms with Gasteiger partial charge in [0.15, 0.2) is 5.01 Å². The van der Waals surface area contributed by atoms with E-state index in [1.54, 1.807) is 6.20 Å². The SMILES string of the molecule is O=C(O)OC12CCC(CC(=O)N3CCc4c(n(Cc5cnc(C(F)(F)F)s5)c5ncccc45)C3)(CC1)C2. The van der Waals surface area contributed by atoms with Crippen molar-refractivity contribution in [2.45, 2.75) is 69.8 Å². The van der Waals surface area contributed by atoms with E-state index in [9.17, 15) is 22.8 Å². The lowest BCUT2D eigenvalue weighted by atomic mass is 9.80. The largest absolute Gasteiger partial charge is 0.506 e. The summed E-state index contributed by atoms with van der Waals surface area (Å²) >= 11 is 0.618. The summed E-state index contributed by atoms with van der Waals surface area (Å²) in [7, 11) is 0. The third-order valence-electron chi connectivity index (χ3n) is 8.23. The second-order valence-corrected chi connectivity index (χ2v) is 11.6. The molecule has 0 radical (unpaired) electrons. The van der Waals surface area contributed by atoms with Crippen LogP contribution in [0.5, 0.6) is 0 Å². The Kier molecular flexibility index (Phi) is 5.52. The summed E-state index contributed by atoms with van der Waals surface area (Å²) in [6, 6.07) is 3.80. The highest BCUT2D eigenvalue weighted by Crippen LogP contribution is 2.60. The third-order valence-corrected chi connectivity index (χ3v) is 9.25. The van der Waals surface area contributed by atoms with E-state index < -0.39 is 22.9 Å². The minimum absolute atomic E-state index is 0.0144. The summed E-state index contributed by atoms with van der Waals surface area (Å²) in [4.78, 5) is 35.0. The van der Waals surface area contributed by atoms with Gasteiger partial charge in [0.25, 0.3) is 0 Å². The van der Waals surface area contributed by atoms with Gasteiger partial charge in [-0.1, -0.05) is 0 Å². The summed E-state index contributed by atoms with van der Waals surface area (Å²) in [5, 5.41) is 9.19. The van der Waals surface area contributed by atoms with E-state index in [2.05, 4.69) is 9.97 Å². The number of hydrogen-bond donors (Lipinski definition) is 1. The molecule has 2 fully saturated rings. The zero-order valence-corrected chi connectivity index (χ0v) is 20.7. The number of carbonyl (C=O) groups is 2. The highest BCUT2D eigenvalue weighted by molar-refractivity contribution is 7.11. The molecule has 0 saturated heterocycles. The van der Waals surface area contributed by atoms with Crippen molar-refractivity contribution < 1.29 is 32.6 Å². The number of aromatic nitrogens is 3. The summed E-state index contributed by atoms with van der Waals surface area (Å²) in [6.45, 7) is 1.09. The Labute approximate surface area is 214 Å². The number of nitrogens with zero attached hydrogens (tertiary/aromatic N) is 4. The molecule has 3 aliphatic rings. The van der Waals surface area contributed by atoms with Crippen molar-refractivity contribution in [3.63, 3.8) is 0 Å². The van der Waals surface area contributed by atoms with Crippen molar-refractivity contribution in [3.8, 4) is 0 Å². The lowest BCUT2D eigenvalue weighted by Crippen LogP contribution is -2.39. The van der Waals surface area contributed by atoms with Gasteiger partial charge in [-0.3, -0.25) is 4.79 Å². The van der Waals surface area contributed by atoms with Crippen molar-refractivity contribution in [2.75, 3.05) is 6.54 Å². The number of carboxylic acid groups (broad SMARTS) is 1. The fourth-order valence-electron chi connectivity index (χ4n) is 6.58. The van der Waals surface area contributed by atoms with Crippen LogP contribution in [0.15, 0.2) is 24.5 Å². The molecular formula is C25H25F3N4O4S. The summed E-state index contributed by atoms with van der Waals surface area (Å²) in [6.07, 6.45) is 1.53. The Morgan fingerprint density at radius 1 is 1.19 bits per heavy atom. The first-order chi connectivity index (χ1) is 17.6. The van der Waals surface area contributed by atoms with E-state index in [1.165, 1.54) is 6.20 Å². The summed E-state index contributed by atoms with van der Waals surface area (Å²) < 4.78 is 46.5. The van der Waals surface area contributed by atoms with Gasteiger partial charge in [0.1, 0.15) is 11.2 Å². The number of fused-ring (bicyclic) bond motifs is 5. The molecule has 1 amide bonds. The maximum Gasteiger partial charge on any atom is 0.506 e. The number of rotatable bonds is 5. The monoisotopic (exact) mass is 534 g/mol. The zero-order valence-electron chi connectivity index (χ0n) is 19.9. The molecule has 12 heteroatoms.